The molecule has 7 heteroatoms. The lowest BCUT2D eigenvalue weighted by Gasteiger charge is -2.32. The van der Waals surface area contributed by atoms with Gasteiger partial charge in [-0.3, -0.25) is 4.79 Å². The molecule has 0 aliphatic carbocycles. The summed E-state index contributed by atoms with van der Waals surface area (Å²) in [5, 5.41) is 2.68. The van der Waals surface area contributed by atoms with Crippen LogP contribution in [-0.2, 0) is 4.79 Å². The Balaban J connectivity index is 1.71. The molecule has 0 spiro atoms. The number of anilines is 2. The van der Waals surface area contributed by atoms with Crippen molar-refractivity contribution in [2.75, 3.05) is 30.4 Å². The molecule has 0 saturated carbocycles. The second-order valence-electron chi connectivity index (χ2n) is 6.11. The van der Waals surface area contributed by atoms with Crippen molar-refractivity contribution in [1.29, 1.82) is 0 Å². The number of hydrogen-bond acceptors (Lipinski definition) is 5. The number of amides is 1. The first-order valence-corrected chi connectivity index (χ1v) is 8.27. The normalized spacial score (nSPS) is 17.2. The summed E-state index contributed by atoms with van der Waals surface area (Å²) in [5.41, 5.74) is 1.01. The number of aryl methyl sites for hydroxylation is 1. The number of nitrogens with zero attached hydrogens (tertiary/aromatic N) is 3. The zero-order valence-electron chi connectivity index (χ0n) is 14.3. The van der Waals surface area contributed by atoms with Crippen LogP contribution in [-0.4, -0.2) is 36.1 Å². The Hall–Kier alpha value is -2.70. The van der Waals surface area contributed by atoms with Crippen LogP contribution in [0, 0.1) is 18.7 Å². The highest BCUT2D eigenvalue weighted by molar-refractivity contribution is 5.93. The van der Waals surface area contributed by atoms with Crippen molar-refractivity contribution in [2.24, 2.45) is 5.92 Å². The molecule has 1 aromatic heterocycles. The maximum atomic E-state index is 13.7. The Labute approximate surface area is 146 Å². The number of aromatic nitrogens is 2. The van der Waals surface area contributed by atoms with Crippen LogP contribution in [0.1, 0.15) is 18.5 Å². The third-order valence-corrected chi connectivity index (χ3v) is 4.23. The van der Waals surface area contributed by atoms with Gasteiger partial charge in [-0.1, -0.05) is 12.1 Å². The number of piperidine rings is 1. The number of carbonyl (C=O) groups is 1. The summed E-state index contributed by atoms with van der Waals surface area (Å²) >= 11 is 0. The molecule has 132 valence electrons. The highest BCUT2D eigenvalue weighted by Gasteiger charge is 2.28. The molecule has 1 N–H and O–H groups in total. The summed E-state index contributed by atoms with van der Waals surface area (Å²) in [6, 6.07) is 7.93. The van der Waals surface area contributed by atoms with E-state index in [0.29, 0.717) is 18.4 Å². The number of carbonyl (C=O) groups excluding carboxylic acids is 1. The molecule has 0 bridgehead atoms. The molecule has 1 aliphatic rings. The van der Waals surface area contributed by atoms with E-state index >= 15 is 0 Å². The molecular weight excluding hydrogens is 323 g/mol. The lowest BCUT2D eigenvalue weighted by molar-refractivity contribution is -0.120. The fraction of sp³-hybridized carbons (Fsp3) is 0.389. The number of para-hydroxylation sites is 1. The highest BCUT2D eigenvalue weighted by atomic mass is 19.1. The van der Waals surface area contributed by atoms with E-state index in [0.717, 1.165) is 25.1 Å². The van der Waals surface area contributed by atoms with Gasteiger partial charge in [0.1, 0.15) is 5.82 Å². The van der Waals surface area contributed by atoms with Gasteiger partial charge in [-0.2, -0.15) is 4.98 Å². The van der Waals surface area contributed by atoms with E-state index in [-0.39, 0.29) is 17.5 Å². The summed E-state index contributed by atoms with van der Waals surface area (Å²) in [7, 11) is 1.56. The average molecular weight is 344 g/mol. The standard InChI is InChI=1S/C18H21FN4O2/c1-12-10-16(25-2)22-18(20-12)23-9-5-6-13(11-23)17(24)21-15-8-4-3-7-14(15)19/h3-4,7-8,10,13H,5-6,9,11H2,1-2H3,(H,21,24)/t13-/m0/s1. The lowest BCUT2D eigenvalue weighted by Crippen LogP contribution is -2.41. The van der Waals surface area contributed by atoms with Crippen molar-refractivity contribution < 1.29 is 13.9 Å². The van der Waals surface area contributed by atoms with Crippen molar-refractivity contribution in [3.8, 4) is 5.88 Å². The van der Waals surface area contributed by atoms with E-state index in [1.165, 1.54) is 6.07 Å². The van der Waals surface area contributed by atoms with Gasteiger partial charge in [-0.25, -0.2) is 9.37 Å². The quantitative estimate of drug-likeness (QED) is 0.924. The summed E-state index contributed by atoms with van der Waals surface area (Å²) in [6.45, 7) is 3.14. The third-order valence-electron chi connectivity index (χ3n) is 4.23. The summed E-state index contributed by atoms with van der Waals surface area (Å²) < 4.78 is 18.9. The molecule has 0 unspecified atom stereocenters. The van der Waals surface area contributed by atoms with Crippen molar-refractivity contribution in [1.82, 2.24) is 9.97 Å². The van der Waals surface area contributed by atoms with Crippen LogP contribution in [0.15, 0.2) is 30.3 Å². The minimum absolute atomic E-state index is 0.186. The maximum absolute atomic E-state index is 13.7. The lowest BCUT2D eigenvalue weighted by atomic mass is 9.97. The zero-order chi connectivity index (χ0) is 17.8. The van der Waals surface area contributed by atoms with E-state index in [4.69, 9.17) is 4.74 Å². The predicted octanol–water partition coefficient (Wildman–Crippen LogP) is 2.79. The maximum Gasteiger partial charge on any atom is 0.229 e. The van der Waals surface area contributed by atoms with Crippen molar-refractivity contribution in [2.45, 2.75) is 19.8 Å². The van der Waals surface area contributed by atoms with E-state index in [1.54, 1.807) is 31.4 Å². The number of hydrogen-bond donors (Lipinski definition) is 1. The van der Waals surface area contributed by atoms with Gasteiger partial charge in [0.2, 0.25) is 17.7 Å². The fourth-order valence-electron chi connectivity index (χ4n) is 2.94. The number of methoxy groups -OCH3 is 1. The van der Waals surface area contributed by atoms with Gasteiger partial charge in [0, 0.05) is 24.8 Å². The van der Waals surface area contributed by atoms with Crippen LogP contribution in [0.3, 0.4) is 0 Å². The fourth-order valence-corrected chi connectivity index (χ4v) is 2.94. The van der Waals surface area contributed by atoms with Gasteiger partial charge < -0.3 is 15.0 Å². The topological polar surface area (TPSA) is 67.3 Å². The van der Waals surface area contributed by atoms with Gasteiger partial charge in [-0.15, -0.1) is 0 Å². The molecule has 1 atom stereocenters. The van der Waals surface area contributed by atoms with Crippen molar-refractivity contribution in [3.05, 3.63) is 41.8 Å². The molecule has 25 heavy (non-hydrogen) atoms. The largest absolute Gasteiger partial charge is 0.481 e. The zero-order valence-corrected chi connectivity index (χ0v) is 14.3. The monoisotopic (exact) mass is 344 g/mol. The molecule has 1 fully saturated rings. The minimum Gasteiger partial charge on any atom is -0.481 e. The van der Waals surface area contributed by atoms with Crippen molar-refractivity contribution >= 4 is 17.5 Å². The second kappa shape index (κ2) is 7.46. The van der Waals surface area contributed by atoms with E-state index in [1.807, 2.05) is 11.8 Å². The highest BCUT2D eigenvalue weighted by Crippen LogP contribution is 2.24. The first-order chi connectivity index (χ1) is 12.1. The molecule has 1 aromatic carbocycles. The smallest absolute Gasteiger partial charge is 0.229 e. The molecule has 3 rings (SSSR count). The van der Waals surface area contributed by atoms with Crippen molar-refractivity contribution in [3.63, 3.8) is 0 Å². The Morgan fingerprint density at radius 3 is 2.92 bits per heavy atom. The van der Waals surface area contributed by atoms with Gasteiger partial charge in [0.15, 0.2) is 0 Å². The first kappa shape index (κ1) is 17.1. The number of halogens is 1. The van der Waals surface area contributed by atoms with E-state index in [2.05, 4.69) is 15.3 Å². The van der Waals surface area contributed by atoms with Gasteiger partial charge >= 0.3 is 0 Å². The molecule has 1 saturated heterocycles. The Morgan fingerprint density at radius 2 is 2.16 bits per heavy atom. The second-order valence-corrected chi connectivity index (χ2v) is 6.11. The molecule has 0 radical (unpaired) electrons. The van der Waals surface area contributed by atoms with Crippen LogP contribution in [0.4, 0.5) is 16.0 Å². The Kier molecular flexibility index (Phi) is 5.11. The molecule has 1 amide bonds. The number of nitrogens with one attached hydrogen (secondary N) is 1. The van der Waals surface area contributed by atoms with E-state index in [9.17, 15) is 9.18 Å². The predicted molar refractivity (Wildman–Crippen MR) is 93.3 cm³/mol. The summed E-state index contributed by atoms with van der Waals surface area (Å²) in [5.74, 6) is 0.189. The summed E-state index contributed by atoms with van der Waals surface area (Å²) in [4.78, 5) is 23.3. The molecule has 2 heterocycles. The van der Waals surface area contributed by atoms with Gasteiger partial charge in [0.05, 0.1) is 18.7 Å². The van der Waals surface area contributed by atoms with E-state index < -0.39 is 5.82 Å². The average Bonchev–Trinajstić information content (AvgIpc) is 2.63. The molecule has 2 aromatic rings. The Bertz CT molecular complexity index is 768. The van der Waals surface area contributed by atoms with Crippen LogP contribution >= 0.6 is 0 Å². The summed E-state index contributed by atoms with van der Waals surface area (Å²) in [6.07, 6.45) is 1.59. The Morgan fingerprint density at radius 1 is 1.36 bits per heavy atom. The first-order valence-electron chi connectivity index (χ1n) is 8.27. The number of rotatable bonds is 4. The molecular formula is C18H21FN4O2. The van der Waals surface area contributed by atoms with Crippen LogP contribution < -0.4 is 15.0 Å². The van der Waals surface area contributed by atoms with Crippen LogP contribution in [0.2, 0.25) is 0 Å². The number of benzene rings is 1. The SMILES string of the molecule is COc1cc(C)nc(N2CCC[C@H](C(=O)Nc3ccccc3F)C2)n1. The third kappa shape index (κ3) is 4.04. The minimum atomic E-state index is -0.435. The number of ether oxygens (including phenoxy) is 1. The molecule has 6 nitrogen and oxygen atoms in total. The van der Waals surface area contributed by atoms with Gasteiger partial charge in [-0.05, 0) is 31.9 Å². The molecule has 1 aliphatic heterocycles. The van der Waals surface area contributed by atoms with Gasteiger partial charge in [0.25, 0.3) is 0 Å². The van der Waals surface area contributed by atoms with Crippen LogP contribution in [0.25, 0.3) is 0 Å². The van der Waals surface area contributed by atoms with Crippen LogP contribution in [0.5, 0.6) is 5.88 Å².